The first-order valence-electron chi connectivity index (χ1n) is 7.52. The summed E-state index contributed by atoms with van der Waals surface area (Å²) in [6.45, 7) is 1.96. The molecular weight excluding hydrogens is 344 g/mol. The second-order valence-corrected chi connectivity index (χ2v) is 6.72. The number of aromatic carboxylic acids is 1. The SMILES string of the molecule is CCCC=Nc1cc(C(=O)O)cc(S(N)(=O)=O)c1Oc1ccccc1. The van der Waals surface area contributed by atoms with Crippen LogP contribution in [0.5, 0.6) is 11.5 Å². The first kappa shape index (κ1) is 18.6. The first-order valence-corrected chi connectivity index (χ1v) is 9.07. The number of ether oxygens (including phenoxy) is 1. The van der Waals surface area contributed by atoms with Crippen LogP contribution < -0.4 is 9.88 Å². The van der Waals surface area contributed by atoms with E-state index in [0.717, 1.165) is 12.5 Å². The van der Waals surface area contributed by atoms with Gasteiger partial charge in [-0.1, -0.05) is 31.5 Å². The lowest BCUT2D eigenvalue weighted by atomic mass is 10.2. The van der Waals surface area contributed by atoms with E-state index in [1.165, 1.54) is 6.07 Å². The molecule has 0 atom stereocenters. The van der Waals surface area contributed by atoms with E-state index >= 15 is 0 Å². The third-order valence-electron chi connectivity index (χ3n) is 3.20. The summed E-state index contributed by atoms with van der Waals surface area (Å²) in [5.41, 5.74) is -0.158. The van der Waals surface area contributed by atoms with Gasteiger partial charge in [0.15, 0.2) is 5.75 Å². The van der Waals surface area contributed by atoms with Gasteiger partial charge in [0, 0.05) is 6.21 Å². The van der Waals surface area contributed by atoms with E-state index in [1.54, 1.807) is 36.5 Å². The van der Waals surface area contributed by atoms with Gasteiger partial charge in [-0.25, -0.2) is 18.4 Å². The lowest BCUT2D eigenvalue weighted by Gasteiger charge is -2.13. The number of para-hydroxylation sites is 1. The number of aliphatic imine (C=N–C) groups is 1. The molecule has 0 aliphatic heterocycles. The molecule has 2 rings (SSSR count). The normalized spacial score (nSPS) is 11.6. The van der Waals surface area contributed by atoms with Crippen LogP contribution in [0.15, 0.2) is 52.4 Å². The van der Waals surface area contributed by atoms with E-state index < -0.39 is 20.9 Å². The highest BCUT2D eigenvalue weighted by atomic mass is 32.2. The average molecular weight is 362 g/mol. The molecule has 0 fully saturated rings. The van der Waals surface area contributed by atoms with Crippen molar-refractivity contribution in [2.45, 2.75) is 24.7 Å². The molecule has 132 valence electrons. The predicted molar refractivity (Wildman–Crippen MR) is 94.4 cm³/mol. The van der Waals surface area contributed by atoms with Gasteiger partial charge in [0.1, 0.15) is 16.3 Å². The number of nitrogens with zero attached hydrogens (tertiary/aromatic N) is 1. The van der Waals surface area contributed by atoms with Crippen LogP contribution in [-0.2, 0) is 10.0 Å². The summed E-state index contributed by atoms with van der Waals surface area (Å²) in [6.07, 6.45) is 3.05. The molecule has 0 saturated heterocycles. The lowest BCUT2D eigenvalue weighted by molar-refractivity contribution is 0.0696. The zero-order valence-electron chi connectivity index (χ0n) is 13.5. The monoisotopic (exact) mass is 362 g/mol. The molecule has 0 spiro atoms. The highest BCUT2D eigenvalue weighted by molar-refractivity contribution is 7.89. The second kappa shape index (κ2) is 7.91. The minimum absolute atomic E-state index is 0.0845. The van der Waals surface area contributed by atoms with Gasteiger partial charge in [0.25, 0.3) is 0 Å². The van der Waals surface area contributed by atoms with Crippen molar-refractivity contribution in [3.63, 3.8) is 0 Å². The molecule has 2 aromatic carbocycles. The van der Waals surface area contributed by atoms with Crippen LogP contribution in [-0.4, -0.2) is 25.7 Å². The van der Waals surface area contributed by atoms with Crippen LogP contribution in [0.3, 0.4) is 0 Å². The van der Waals surface area contributed by atoms with E-state index in [-0.39, 0.29) is 17.0 Å². The van der Waals surface area contributed by atoms with E-state index in [0.29, 0.717) is 12.2 Å². The Bertz CT molecular complexity index is 893. The fourth-order valence-corrected chi connectivity index (χ4v) is 2.72. The van der Waals surface area contributed by atoms with Gasteiger partial charge in [-0.2, -0.15) is 0 Å². The number of carbonyl (C=O) groups is 1. The summed E-state index contributed by atoms with van der Waals surface area (Å²) in [5.74, 6) is -1.02. The van der Waals surface area contributed by atoms with Crippen molar-refractivity contribution in [3.8, 4) is 11.5 Å². The highest BCUT2D eigenvalue weighted by Crippen LogP contribution is 2.38. The molecule has 0 aliphatic carbocycles. The molecule has 0 aliphatic rings. The number of carboxylic acid groups (broad SMARTS) is 1. The van der Waals surface area contributed by atoms with Gasteiger partial charge in [-0.15, -0.1) is 0 Å². The molecule has 0 aromatic heterocycles. The summed E-state index contributed by atoms with van der Waals surface area (Å²) in [4.78, 5) is 15.0. The Hall–Kier alpha value is -2.71. The lowest BCUT2D eigenvalue weighted by Crippen LogP contribution is -2.14. The third-order valence-corrected chi connectivity index (χ3v) is 4.12. The number of benzene rings is 2. The largest absolute Gasteiger partial charge is 0.478 e. The summed E-state index contributed by atoms with van der Waals surface area (Å²) in [6, 6.07) is 10.7. The molecule has 0 unspecified atom stereocenters. The molecule has 2 aromatic rings. The van der Waals surface area contributed by atoms with Gasteiger partial charge >= 0.3 is 5.97 Å². The van der Waals surface area contributed by atoms with Crippen molar-refractivity contribution in [1.82, 2.24) is 0 Å². The second-order valence-electron chi connectivity index (χ2n) is 5.19. The number of hydrogen-bond acceptors (Lipinski definition) is 5. The van der Waals surface area contributed by atoms with Crippen molar-refractivity contribution in [2.75, 3.05) is 0 Å². The molecule has 0 heterocycles. The number of hydrogen-bond donors (Lipinski definition) is 2. The van der Waals surface area contributed by atoms with E-state index in [9.17, 15) is 18.3 Å². The fourth-order valence-electron chi connectivity index (χ4n) is 2.02. The number of carboxylic acids is 1. The zero-order valence-corrected chi connectivity index (χ0v) is 14.4. The van der Waals surface area contributed by atoms with Crippen molar-refractivity contribution in [2.24, 2.45) is 10.1 Å². The van der Waals surface area contributed by atoms with E-state index in [1.807, 2.05) is 6.92 Å². The van der Waals surface area contributed by atoms with Crippen molar-refractivity contribution < 1.29 is 23.1 Å². The van der Waals surface area contributed by atoms with Gasteiger partial charge in [0.05, 0.1) is 5.56 Å². The van der Waals surface area contributed by atoms with Crippen LogP contribution in [0.2, 0.25) is 0 Å². The standard InChI is InChI=1S/C17H18N2O5S/c1-2-3-9-19-14-10-12(17(20)21)11-15(25(18,22)23)16(14)24-13-7-5-4-6-8-13/h4-11H,2-3H2,1H3,(H,20,21)(H2,18,22,23). The molecular formula is C17H18N2O5S. The van der Waals surface area contributed by atoms with Crippen LogP contribution >= 0.6 is 0 Å². The van der Waals surface area contributed by atoms with Gasteiger partial charge in [-0.05, 0) is 30.7 Å². The molecule has 0 radical (unpaired) electrons. The summed E-state index contributed by atoms with van der Waals surface area (Å²) < 4.78 is 29.6. The van der Waals surface area contributed by atoms with E-state index in [4.69, 9.17) is 9.88 Å². The average Bonchev–Trinajstić information content (AvgIpc) is 2.56. The van der Waals surface area contributed by atoms with Crippen molar-refractivity contribution in [3.05, 3.63) is 48.0 Å². The zero-order chi connectivity index (χ0) is 18.4. The Morgan fingerprint density at radius 1 is 1.28 bits per heavy atom. The minimum atomic E-state index is -4.22. The Labute approximate surface area is 145 Å². The quantitative estimate of drug-likeness (QED) is 0.732. The van der Waals surface area contributed by atoms with Crippen LogP contribution in [0.4, 0.5) is 5.69 Å². The Morgan fingerprint density at radius 3 is 2.52 bits per heavy atom. The van der Waals surface area contributed by atoms with Crippen molar-refractivity contribution >= 4 is 27.9 Å². The van der Waals surface area contributed by atoms with E-state index in [2.05, 4.69) is 4.99 Å². The first-order chi connectivity index (χ1) is 11.8. The van der Waals surface area contributed by atoms with Gasteiger partial charge < -0.3 is 9.84 Å². The molecule has 25 heavy (non-hydrogen) atoms. The maximum Gasteiger partial charge on any atom is 0.335 e. The Kier molecular flexibility index (Phi) is 5.89. The number of rotatable bonds is 7. The Morgan fingerprint density at radius 2 is 1.96 bits per heavy atom. The topological polar surface area (TPSA) is 119 Å². The maximum absolute atomic E-state index is 12.0. The number of nitrogens with two attached hydrogens (primary N) is 1. The minimum Gasteiger partial charge on any atom is -0.478 e. The summed E-state index contributed by atoms with van der Waals surface area (Å²) in [5, 5.41) is 14.5. The highest BCUT2D eigenvalue weighted by Gasteiger charge is 2.23. The van der Waals surface area contributed by atoms with Crippen LogP contribution in [0.25, 0.3) is 0 Å². The molecule has 8 heteroatoms. The molecule has 0 amide bonds. The van der Waals surface area contributed by atoms with Crippen LogP contribution in [0.1, 0.15) is 30.1 Å². The number of unbranched alkanes of at least 4 members (excludes halogenated alkanes) is 1. The predicted octanol–water partition coefficient (Wildman–Crippen LogP) is 3.33. The molecule has 3 N–H and O–H groups in total. The smallest absolute Gasteiger partial charge is 0.335 e. The summed E-state index contributed by atoms with van der Waals surface area (Å²) >= 11 is 0. The van der Waals surface area contributed by atoms with Crippen LogP contribution in [0, 0.1) is 0 Å². The number of primary sulfonamides is 1. The summed E-state index contributed by atoms with van der Waals surface area (Å²) in [7, 11) is -4.22. The maximum atomic E-state index is 12.0. The van der Waals surface area contributed by atoms with Crippen molar-refractivity contribution in [1.29, 1.82) is 0 Å². The van der Waals surface area contributed by atoms with Gasteiger partial charge in [-0.3, -0.25) is 4.99 Å². The van der Waals surface area contributed by atoms with Gasteiger partial charge in [0.2, 0.25) is 10.0 Å². The molecule has 0 saturated carbocycles. The molecule has 0 bridgehead atoms. The Balaban J connectivity index is 2.68. The fraction of sp³-hybridized carbons (Fsp3) is 0.176. The third kappa shape index (κ3) is 4.88. The molecule has 7 nitrogen and oxygen atoms in total. The number of sulfonamides is 1.